The second-order valence-corrected chi connectivity index (χ2v) is 8.07. The van der Waals surface area contributed by atoms with Crippen molar-refractivity contribution in [1.29, 1.82) is 0 Å². The Labute approximate surface area is 153 Å². The molecule has 2 aromatic rings. The maximum absolute atomic E-state index is 12.4. The lowest BCUT2D eigenvalue weighted by atomic mass is 9.92. The highest BCUT2D eigenvalue weighted by Crippen LogP contribution is 2.24. The molecule has 1 aromatic carbocycles. The third-order valence-corrected chi connectivity index (χ3v) is 5.80. The van der Waals surface area contributed by atoms with Gasteiger partial charge in [-0.3, -0.25) is 4.79 Å². The number of hydrogen-bond donors (Lipinski definition) is 3. The highest BCUT2D eigenvalue weighted by atomic mass is 32.2. The van der Waals surface area contributed by atoms with Crippen LogP contribution in [-0.2, 0) is 27.7 Å². The van der Waals surface area contributed by atoms with Gasteiger partial charge in [-0.05, 0) is 61.1 Å². The zero-order valence-electron chi connectivity index (χ0n) is 14.4. The maximum atomic E-state index is 12.4. The molecule has 0 atom stereocenters. The van der Waals surface area contributed by atoms with Crippen molar-refractivity contribution in [3.63, 3.8) is 0 Å². The minimum Gasteiger partial charge on any atom is -0.384 e. The number of rotatable bonds is 6. The lowest BCUT2D eigenvalue weighted by Crippen LogP contribution is -2.28. The number of amides is 1. The topological polar surface area (TPSA) is 114 Å². The van der Waals surface area contributed by atoms with Crippen molar-refractivity contribution in [2.45, 2.75) is 37.0 Å². The number of aromatic nitrogens is 1. The lowest BCUT2D eigenvalue weighted by Gasteiger charge is -2.16. The summed E-state index contributed by atoms with van der Waals surface area (Å²) in [5, 5.41) is 2.64. The molecule has 0 unspecified atom stereocenters. The van der Waals surface area contributed by atoms with Crippen LogP contribution in [0.3, 0.4) is 0 Å². The minimum atomic E-state index is -3.63. The van der Waals surface area contributed by atoms with Gasteiger partial charge in [0.15, 0.2) is 0 Å². The first-order valence-corrected chi connectivity index (χ1v) is 10.1. The number of sulfonamides is 1. The number of fused-ring (bicyclic) bond motifs is 1. The number of anilines is 2. The third-order valence-electron chi connectivity index (χ3n) is 4.34. The van der Waals surface area contributed by atoms with Crippen molar-refractivity contribution in [3.05, 3.63) is 47.7 Å². The molecule has 8 heteroatoms. The fraction of sp³-hybridized carbons (Fsp3) is 0.333. The van der Waals surface area contributed by atoms with Gasteiger partial charge in [0.1, 0.15) is 5.82 Å². The van der Waals surface area contributed by atoms with E-state index in [1.807, 2.05) is 6.07 Å². The summed E-state index contributed by atoms with van der Waals surface area (Å²) < 4.78 is 27.3. The molecule has 3 rings (SSSR count). The van der Waals surface area contributed by atoms with Gasteiger partial charge in [-0.15, -0.1) is 0 Å². The molecule has 0 radical (unpaired) electrons. The first-order chi connectivity index (χ1) is 12.4. The third kappa shape index (κ3) is 4.59. The average Bonchev–Trinajstić information content (AvgIpc) is 2.63. The van der Waals surface area contributed by atoms with Crippen LogP contribution in [0.4, 0.5) is 11.5 Å². The monoisotopic (exact) mass is 374 g/mol. The number of pyridine rings is 1. The molecule has 1 heterocycles. The van der Waals surface area contributed by atoms with Gasteiger partial charge >= 0.3 is 0 Å². The van der Waals surface area contributed by atoms with Crippen LogP contribution in [0.5, 0.6) is 0 Å². The van der Waals surface area contributed by atoms with E-state index >= 15 is 0 Å². The second kappa shape index (κ2) is 7.84. The number of nitrogens with zero attached hydrogens (tertiary/aromatic N) is 1. The van der Waals surface area contributed by atoms with Crippen LogP contribution in [0.2, 0.25) is 0 Å². The molecule has 0 saturated heterocycles. The molecule has 1 amide bonds. The van der Waals surface area contributed by atoms with Crippen molar-refractivity contribution in [2.24, 2.45) is 0 Å². The van der Waals surface area contributed by atoms with Crippen LogP contribution in [0.25, 0.3) is 0 Å². The number of nitrogen functional groups attached to an aromatic ring is 1. The van der Waals surface area contributed by atoms with E-state index in [0.29, 0.717) is 11.5 Å². The highest BCUT2D eigenvalue weighted by Gasteiger charge is 2.17. The number of nitrogens with one attached hydrogen (secondary N) is 2. The summed E-state index contributed by atoms with van der Waals surface area (Å²) in [7, 11) is -3.63. The molecule has 0 aliphatic heterocycles. The minimum absolute atomic E-state index is 0.0215. The predicted octanol–water partition coefficient (Wildman–Crippen LogP) is 1.85. The fourth-order valence-electron chi connectivity index (χ4n) is 2.96. The summed E-state index contributed by atoms with van der Waals surface area (Å²) in [6.07, 6.45) is 5.62. The molecule has 0 bridgehead atoms. The van der Waals surface area contributed by atoms with Crippen LogP contribution in [0, 0.1) is 0 Å². The average molecular weight is 374 g/mol. The number of aryl methyl sites for hydroxylation is 2. The van der Waals surface area contributed by atoms with Crippen LogP contribution in [0.1, 0.15) is 30.4 Å². The van der Waals surface area contributed by atoms with E-state index in [2.05, 4.69) is 15.0 Å². The van der Waals surface area contributed by atoms with Crippen LogP contribution >= 0.6 is 0 Å². The number of hydrogen-bond acceptors (Lipinski definition) is 5. The molecular weight excluding hydrogens is 352 g/mol. The SMILES string of the molecule is Nc1ccc(NC(=O)CCNS(=O)(=O)c2ccc3c(c2)CCCC3)cn1. The predicted molar refractivity (Wildman–Crippen MR) is 100 cm³/mol. The van der Waals surface area contributed by atoms with E-state index < -0.39 is 10.0 Å². The van der Waals surface area contributed by atoms with Gasteiger partial charge in [-0.1, -0.05) is 6.07 Å². The molecule has 138 valence electrons. The summed E-state index contributed by atoms with van der Waals surface area (Å²) in [6.45, 7) is 0.0215. The molecule has 1 aromatic heterocycles. The molecule has 0 fully saturated rings. The van der Waals surface area contributed by atoms with Crippen LogP contribution in [0.15, 0.2) is 41.4 Å². The zero-order chi connectivity index (χ0) is 18.6. The first kappa shape index (κ1) is 18.3. The van der Waals surface area contributed by atoms with Gasteiger partial charge in [0.2, 0.25) is 15.9 Å². The Morgan fingerprint density at radius 1 is 1.12 bits per heavy atom. The van der Waals surface area contributed by atoms with Gasteiger partial charge in [0.05, 0.1) is 16.8 Å². The number of carbonyl (C=O) groups is 1. The summed E-state index contributed by atoms with van der Waals surface area (Å²) in [5.41, 5.74) is 8.33. The number of nitrogens with two attached hydrogens (primary N) is 1. The van der Waals surface area contributed by atoms with Crippen LogP contribution < -0.4 is 15.8 Å². The smallest absolute Gasteiger partial charge is 0.240 e. The van der Waals surface area contributed by atoms with Gasteiger partial charge in [0.25, 0.3) is 0 Å². The van der Waals surface area contributed by atoms with E-state index in [1.165, 1.54) is 11.8 Å². The van der Waals surface area contributed by atoms with E-state index in [4.69, 9.17) is 5.73 Å². The van der Waals surface area contributed by atoms with E-state index in [9.17, 15) is 13.2 Å². The van der Waals surface area contributed by atoms with Crippen molar-refractivity contribution >= 4 is 27.4 Å². The van der Waals surface area contributed by atoms with Crippen LogP contribution in [-0.4, -0.2) is 25.9 Å². The molecule has 0 saturated carbocycles. The summed E-state index contributed by atoms with van der Waals surface area (Å²) in [5.74, 6) is 0.0607. The zero-order valence-corrected chi connectivity index (χ0v) is 15.2. The molecule has 1 aliphatic carbocycles. The van der Waals surface area contributed by atoms with Gasteiger partial charge in [0, 0.05) is 13.0 Å². The van der Waals surface area contributed by atoms with E-state index in [0.717, 1.165) is 31.2 Å². The highest BCUT2D eigenvalue weighted by molar-refractivity contribution is 7.89. The number of benzene rings is 1. The van der Waals surface area contributed by atoms with E-state index in [1.54, 1.807) is 24.3 Å². The summed E-state index contributed by atoms with van der Waals surface area (Å²) in [6, 6.07) is 8.49. The van der Waals surface area contributed by atoms with Gasteiger partial charge < -0.3 is 11.1 Å². The standard InChI is InChI=1S/C18H22N4O3S/c19-17-8-6-15(12-20-17)22-18(23)9-10-21-26(24,25)16-7-5-13-3-1-2-4-14(13)11-16/h5-8,11-12,21H,1-4,9-10H2,(H2,19,20)(H,22,23). The Kier molecular flexibility index (Phi) is 5.53. The van der Waals surface area contributed by atoms with Crippen molar-refractivity contribution in [3.8, 4) is 0 Å². The lowest BCUT2D eigenvalue weighted by molar-refractivity contribution is -0.116. The normalized spacial score (nSPS) is 13.8. The Balaban J connectivity index is 1.55. The van der Waals surface area contributed by atoms with Crippen molar-refractivity contribution in [1.82, 2.24) is 9.71 Å². The summed E-state index contributed by atoms with van der Waals surface area (Å²) >= 11 is 0. The van der Waals surface area contributed by atoms with Gasteiger partial charge in [-0.2, -0.15) is 0 Å². The summed E-state index contributed by atoms with van der Waals surface area (Å²) in [4.78, 5) is 16.0. The largest absolute Gasteiger partial charge is 0.384 e. The van der Waals surface area contributed by atoms with Crippen molar-refractivity contribution < 1.29 is 13.2 Å². The Bertz CT molecular complexity index is 895. The van der Waals surface area contributed by atoms with Gasteiger partial charge in [-0.25, -0.2) is 18.1 Å². The Hall–Kier alpha value is -2.45. The maximum Gasteiger partial charge on any atom is 0.240 e. The molecule has 7 nitrogen and oxygen atoms in total. The van der Waals surface area contributed by atoms with E-state index in [-0.39, 0.29) is 23.8 Å². The Morgan fingerprint density at radius 3 is 2.62 bits per heavy atom. The molecule has 26 heavy (non-hydrogen) atoms. The molecule has 4 N–H and O–H groups in total. The molecule has 1 aliphatic rings. The van der Waals surface area contributed by atoms with Crippen molar-refractivity contribution in [2.75, 3.05) is 17.6 Å². The fourth-order valence-corrected chi connectivity index (χ4v) is 4.04. The number of carbonyl (C=O) groups excluding carboxylic acids is 1. The first-order valence-electron chi connectivity index (χ1n) is 8.57. The molecular formula is C18H22N4O3S. The second-order valence-electron chi connectivity index (χ2n) is 6.31. The molecule has 0 spiro atoms. The Morgan fingerprint density at radius 2 is 1.88 bits per heavy atom. The quantitative estimate of drug-likeness (QED) is 0.714.